The quantitative estimate of drug-likeness (QED) is 0.865. The van der Waals surface area contributed by atoms with Crippen LogP contribution in [0.4, 0.5) is 0 Å². The molecule has 2 aromatic rings. The average molecular weight is 270 g/mol. The van der Waals surface area contributed by atoms with Crippen molar-refractivity contribution in [3.8, 4) is 17.6 Å². The van der Waals surface area contributed by atoms with Gasteiger partial charge in [-0.3, -0.25) is 4.68 Å². The van der Waals surface area contributed by atoms with Gasteiger partial charge in [0.05, 0.1) is 17.9 Å². The lowest BCUT2D eigenvalue weighted by Crippen LogP contribution is -1.99. The number of hydrogen-bond acceptors (Lipinski definition) is 3. The summed E-state index contributed by atoms with van der Waals surface area (Å²) in [7, 11) is 1.88. The molecule has 20 heavy (non-hydrogen) atoms. The van der Waals surface area contributed by atoms with E-state index in [-0.39, 0.29) is 6.61 Å². The topological polar surface area (TPSA) is 47.3 Å². The Bertz CT molecular complexity index is 635. The zero-order valence-electron chi connectivity index (χ0n) is 11.8. The van der Waals surface area contributed by atoms with Crippen molar-refractivity contribution in [1.29, 1.82) is 0 Å². The monoisotopic (exact) mass is 270 g/mol. The van der Waals surface area contributed by atoms with Gasteiger partial charge in [0.25, 0.3) is 0 Å². The Hall–Kier alpha value is -2.25. The van der Waals surface area contributed by atoms with E-state index in [4.69, 9.17) is 9.84 Å². The Labute approximate surface area is 119 Å². The van der Waals surface area contributed by atoms with Gasteiger partial charge in [-0.25, -0.2) is 0 Å². The number of aliphatic hydroxyl groups is 1. The number of hydrogen-bond donors (Lipinski definition) is 1. The first-order chi connectivity index (χ1) is 9.69. The van der Waals surface area contributed by atoms with Crippen LogP contribution in [-0.2, 0) is 13.7 Å². The van der Waals surface area contributed by atoms with Gasteiger partial charge in [-0.15, -0.1) is 0 Å². The lowest BCUT2D eigenvalue weighted by Gasteiger charge is -2.07. The van der Waals surface area contributed by atoms with Crippen LogP contribution in [0.5, 0.6) is 5.75 Å². The first-order valence-electron chi connectivity index (χ1n) is 6.51. The highest BCUT2D eigenvalue weighted by atomic mass is 16.5. The number of ether oxygens (including phenoxy) is 1. The smallest absolute Gasteiger partial charge is 0.135 e. The SMILES string of the molecule is Cc1ccc(OCc2ccn(C)n2)c(C#CCCO)c1. The highest BCUT2D eigenvalue weighted by Gasteiger charge is 2.04. The van der Waals surface area contributed by atoms with Gasteiger partial charge in [0.2, 0.25) is 0 Å². The van der Waals surface area contributed by atoms with Gasteiger partial charge in [-0.1, -0.05) is 17.9 Å². The summed E-state index contributed by atoms with van der Waals surface area (Å²) in [4.78, 5) is 0. The van der Waals surface area contributed by atoms with Crippen LogP contribution in [0, 0.1) is 18.8 Å². The molecule has 0 fully saturated rings. The van der Waals surface area contributed by atoms with E-state index in [0.717, 1.165) is 22.6 Å². The summed E-state index contributed by atoms with van der Waals surface area (Å²) in [5.41, 5.74) is 2.85. The van der Waals surface area contributed by atoms with Crippen LogP contribution in [0.25, 0.3) is 0 Å². The maximum Gasteiger partial charge on any atom is 0.135 e. The third-order valence-corrected chi connectivity index (χ3v) is 2.74. The lowest BCUT2D eigenvalue weighted by molar-refractivity contribution is 0.299. The molecule has 1 heterocycles. The zero-order valence-corrected chi connectivity index (χ0v) is 11.8. The molecule has 0 unspecified atom stereocenters. The molecular weight excluding hydrogens is 252 g/mol. The molecule has 1 aromatic heterocycles. The second kappa shape index (κ2) is 6.78. The zero-order chi connectivity index (χ0) is 14.4. The number of aryl methyl sites for hydroxylation is 2. The fourth-order valence-corrected chi connectivity index (χ4v) is 1.77. The molecule has 2 rings (SSSR count). The van der Waals surface area contributed by atoms with Crippen LogP contribution in [-0.4, -0.2) is 21.5 Å². The van der Waals surface area contributed by atoms with Gasteiger partial charge < -0.3 is 9.84 Å². The molecule has 0 aliphatic carbocycles. The van der Waals surface area contributed by atoms with E-state index in [0.29, 0.717) is 13.0 Å². The maximum absolute atomic E-state index is 8.78. The number of benzene rings is 1. The molecule has 0 radical (unpaired) electrons. The largest absolute Gasteiger partial charge is 0.486 e. The summed E-state index contributed by atoms with van der Waals surface area (Å²) in [6, 6.07) is 7.82. The van der Waals surface area contributed by atoms with E-state index in [1.54, 1.807) is 4.68 Å². The number of rotatable bonds is 4. The second-order valence-electron chi connectivity index (χ2n) is 4.54. The van der Waals surface area contributed by atoms with Crippen LogP contribution in [0.3, 0.4) is 0 Å². The van der Waals surface area contributed by atoms with Crippen molar-refractivity contribution >= 4 is 0 Å². The highest BCUT2D eigenvalue weighted by molar-refractivity contribution is 5.48. The predicted molar refractivity (Wildman–Crippen MR) is 77.3 cm³/mol. The van der Waals surface area contributed by atoms with Crippen molar-refractivity contribution in [2.24, 2.45) is 7.05 Å². The van der Waals surface area contributed by atoms with E-state index < -0.39 is 0 Å². The van der Waals surface area contributed by atoms with Crippen molar-refractivity contribution in [1.82, 2.24) is 9.78 Å². The first-order valence-corrected chi connectivity index (χ1v) is 6.51. The van der Waals surface area contributed by atoms with Crippen LogP contribution in [0.2, 0.25) is 0 Å². The molecule has 0 atom stereocenters. The Morgan fingerprint density at radius 3 is 2.90 bits per heavy atom. The molecule has 104 valence electrons. The van der Waals surface area contributed by atoms with Gasteiger partial charge in [0.1, 0.15) is 12.4 Å². The highest BCUT2D eigenvalue weighted by Crippen LogP contribution is 2.20. The molecule has 0 amide bonds. The fourth-order valence-electron chi connectivity index (χ4n) is 1.77. The molecule has 0 saturated carbocycles. The van der Waals surface area contributed by atoms with Crippen LogP contribution in [0.15, 0.2) is 30.5 Å². The summed E-state index contributed by atoms with van der Waals surface area (Å²) < 4.78 is 7.53. The first kappa shape index (κ1) is 14.2. The molecule has 0 aliphatic heterocycles. The van der Waals surface area contributed by atoms with Crippen LogP contribution < -0.4 is 4.74 Å². The minimum Gasteiger partial charge on any atom is -0.486 e. The number of aromatic nitrogens is 2. The molecule has 1 aromatic carbocycles. The van der Waals surface area contributed by atoms with Gasteiger partial charge in [-0.2, -0.15) is 5.10 Å². The maximum atomic E-state index is 8.78. The van der Waals surface area contributed by atoms with E-state index in [1.165, 1.54) is 0 Å². The van der Waals surface area contributed by atoms with Gasteiger partial charge in [0.15, 0.2) is 0 Å². The summed E-state index contributed by atoms with van der Waals surface area (Å²) in [5, 5.41) is 13.0. The summed E-state index contributed by atoms with van der Waals surface area (Å²) in [6.07, 6.45) is 2.35. The molecule has 0 saturated heterocycles. The fraction of sp³-hybridized carbons (Fsp3) is 0.312. The molecule has 0 bridgehead atoms. The van der Waals surface area contributed by atoms with E-state index in [2.05, 4.69) is 16.9 Å². The van der Waals surface area contributed by atoms with Gasteiger partial charge in [-0.05, 0) is 30.7 Å². The third-order valence-electron chi connectivity index (χ3n) is 2.74. The lowest BCUT2D eigenvalue weighted by atomic mass is 10.1. The second-order valence-corrected chi connectivity index (χ2v) is 4.54. The predicted octanol–water partition coefficient (Wildman–Crippen LogP) is 2.04. The Kier molecular flexibility index (Phi) is 4.80. The van der Waals surface area contributed by atoms with E-state index >= 15 is 0 Å². The molecule has 0 aliphatic rings. The standard InChI is InChI=1S/C16H18N2O2/c1-13-6-7-16(14(11-13)5-3-4-10-19)20-12-15-8-9-18(2)17-15/h6-9,11,19H,4,10,12H2,1-2H3. The van der Waals surface area contributed by atoms with Crippen LogP contribution in [0.1, 0.15) is 23.2 Å². The minimum atomic E-state index is 0.0724. The van der Waals surface area contributed by atoms with Crippen molar-refractivity contribution in [2.45, 2.75) is 20.0 Å². The molecule has 4 heteroatoms. The van der Waals surface area contributed by atoms with E-state index in [9.17, 15) is 0 Å². The molecular formula is C16H18N2O2. The van der Waals surface area contributed by atoms with Crippen LogP contribution >= 0.6 is 0 Å². The molecule has 4 nitrogen and oxygen atoms in total. The van der Waals surface area contributed by atoms with Crippen molar-refractivity contribution in [2.75, 3.05) is 6.61 Å². The van der Waals surface area contributed by atoms with Gasteiger partial charge in [0, 0.05) is 19.7 Å². The van der Waals surface area contributed by atoms with Crippen molar-refractivity contribution in [3.63, 3.8) is 0 Å². The molecule has 1 N–H and O–H groups in total. The summed E-state index contributed by atoms with van der Waals surface area (Å²) in [6.45, 7) is 2.50. The number of nitrogens with zero attached hydrogens (tertiary/aromatic N) is 2. The molecule has 0 spiro atoms. The van der Waals surface area contributed by atoms with E-state index in [1.807, 2.05) is 44.4 Å². The van der Waals surface area contributed by atoms with Gasteiger partial charge >= 0.3 is 0 Å². The minimum absolute atomic E-state index is 0.0724. The summed E-state index contributed by atoms with van der Waals surface area (Å²) in [5.74, 6) is 6.70. The Balaban J connectivity index is 2.12. The Morgan fingerprint density at radius 2 is 2.20 bits per heavy atom. The van der Waals surface area contributed by atoms with Crippen molar-refractivity contribution in [3.05, 3.63) is 47.3 Å². The normalized spacial score (nSPS) is 9.95. The Morgan fingerprint density at radius 1 is 1.35 bits per heavy atom. The average Bonchev–Trinajstić information content (AvgIpc) is 2.84. The summed E-state index contributed by atoms with van der Waals surface area (Å²) >= 11 is 0. The third kappa shape index (κ3) is 3.87. The number of aliphatic hydroxyl groups excluding tert-OH is 1. The van der Waals surface area contributed by atoms with Crippen molar-refractivity contribution < 1.29 is 9.84 Å².